The minimum Gasteiger partial charge on any atom is -0.454 e. The lowest BCUT2D eigenvalue weighted by molar-refractivity contribution is 0.174. The van der Waals surface area contributed by atoms with Gasteiger partial charge in [0.2, 0.25) is 12.7 Å². The summed E-state index contributed by atoms with van der Waals surface area (Å²) in [5.41, 5.74) is 8.77. The molecule has 5 nitrogen and oxygen atoms in total. The van der Waals surface area contributed by atoms with Gasteiger partial charge in [-0.2, -0.15) is 0 Å². The molecule has 2 heterocycles. The van der Waals surface area contributed by atoms with Crippen LogP contribution in [-0.4, -0.2) is 16.3 Å². The second-order valence-corrected chi connectivity index (χ2v) is 4.33. The number of para-hydroxylation sites is 2. The third-order valence-electron chi connectivity index (χ3n) is 3.20. The molecule has 0 saturated carbocycles. The zero-order valence-electron chi connectivity index (χ0n) is 10.0. The Balaban J connectivity index is 1.97. The Morgan fingerprint density at radius 2 is 1.89 bits per heavy atom. The van der Waals surface area contributed by atoms with E-state index in [2.05, 4.69) is 4.98 Å². The average molecular weight is 253 g/mol. The van der Waals surface area contributed by atoms with E-state index in [1.807, 2.05) is 47.0 Å². The second kappa shape index (κ2) is 3.65. The Bertz CT molecular complexity index is 779. The topological polar surface area (TPSA) is 62.3 Å². The summed E-state index contributed by atoms with van der Waals surface area (Å²) in [6.07, 6.45) is 0. The maximum Gasteiger partial charge on any atom is 0.231 e. The Morgan fingerprint density at radius 1 is 1.05 bits per heavy atom. The first kappa shape index (κ1) is 10.3. The van der Waals surface area contributed by atoms with Crippen molar-refractivity contribution in [2.75, 3.05) is 12.5 Å². The molecule has 2 N–H and O–H groups in total. The molecule has 0 saturated heterocycles. The SMILES string of the molecule is Nc1nc2ccccc2n1-c1ccc2c(c1)OCO2. The molecule has 4 rings (SSSR count). The van der Waals surface area contributed by atoms with Crippen LogP contribution in [0, 0.1) is 0 Å². The Morgan fingerprint density at radius 3 is 2.84 bits per heavy atom. The van der Waals surface area contributed by atoms with Crippen LogP contribution < -0.4 is 15.2 Å². The highest BCUT2D eigenvalue weighted by molar-refractivity contribution is 5.81. The summed E-state index contributed by atoms with van der Waals surface area (Å²) in [6, 6.07) is 13.6. The minimum absolute atomic E-state index is 0.263. The van der Waals surface area contributed by atoms with Gasteiger partial charge < -0.3 is 15.2 Å². The number of aromatic nitrogens is 2. The molecule has 3 aromatic rings. The molecular weight excluding hydrogens is 242 g/mol. The number of fused-ring (bicyclic) bond motifs is 2. The first-order chi connectivity index (χ1) is 9.33. The molecule has 0 bridgehead atoms. The molecule has 19 heavy (non-hydrogen) atoms. The lowest BCUT2D eigenvalue weighted by atomic mass is 10.2. The maximum atomic E-state index is 6.01. The number of ether oxygens (including phenoxy) is 2. The predicted octanol–water partition coefficient (Wildman–Crippen LogP) is 2.34. The maximum absolute atomic E-state index is 6.01. The molecule has 1 aliphatic heterocycles. The van der Waals surface area contributed by atoms with E-state index < -0.39 is 0 Å². The van der Waals surface area contributed by atoms with Crippen LogP contribution in [0.2, 0.25) is 0 Å². The van der Waals surface area contributed by atoms with Gasteiger partial charge in [0, 0.05) is 6.07 Å². The first-order valence-electron chi connectivity index (χ1n) is 5.96. The number of imidazole rings is 1. The van der Waals surface area contributed by atoms with Crippen LogP contribution in [-0.2, 0) is 0 Å². The summed E-state index contributed by atoms with van der Waals surface area (Å²) in [7, 11) is 0. The molecular formula is C14H11N3O2. The van der Waals surface area contributed by atoms with Gasteiger partial charge in [-0.15, -0.1) is 0 Å². The van der Waals surface area contributed by atoms with Gasteiger partial charge in [0.05, 0.1) is 16.7 Å². The number of hydrogen-bond donors (Lipinski definition) is 1. The first-order valence-corrected chi connectivity index (χ1v) is 5.96. The summed E-state index contributed by atoms with van der Waals surface area (Å²) in [5.74, 6) is 1.95. The number of anilines is 1. The van der Waals surface area contributed by atoms with Crippen molar-refractivity contribution in [3.8, 4) is 17.2 Å². The highest BCUT2D eigenvalue weighted by Gasteiger charge is 2.16. The van der Waals surface area contributed by atoms with Crippen molar-refractivity contribution in [2.24, 2.45) is 0 Å². The van der Waals surface area contributed by atoms with Crippen LogP contribution in [0.1, 0.15) is 0 Å². The Hall–Kier alpha value is -2.69. The van der Waals surface area contributed by atoms with Crippen molar-refractivity contribution in [1.82, 2.24) is 9.55 Å². The van der Waals surface area contributed by atoms with Gasteiger partial charge in [-0.1, -0.05) is 12.1 Å². The van der Waals surface area contributed by atoms with Gasteiger partial charge in [0.25, 0.3) is 0 Å². The van der Waals surface area contributed by atoms with Crippen molar-refractivity contribution >= 4 is 17.0 Å². The number of hydrogen-bond acceptors (Lipinski definition) is 4. The monoisotopic (exact) mass is 253 g/mol. The van der Waals surface area contributed by atoms with Crippen LogP contribution in [0.3, 0.4) is 0 Å². The molecule has 0 spiro atoms. The molecule has 5 heteroatoms. The number of nitrogen functional groups attached to an aromatic ring is 1. The van der Waals surface area contributed by atoms with Crippen LogP contribution in [0.25, 0.3) is 16.7 Å². The van der Waals surface area contributed by atoms with E-state index >= 15 is 0 Å². The van der Waals surface area contributed by atoms with E-state index in [4.69, 9.17) is 15.2 Å². The number of benzene rings is 2. The van der Waals surface area contributed by atoms with Gasteiger partial charge in [-0.3, -0.25) is 4.57 Å². The highest BCUT2D eigenvalue weighted by Crippen LogP contribution is 2.35. The number of nitrogens with zero attached hydrogens (tertiary/aromatic N) is 2. The summed E-state index contributed by atoms with van der Waals surface area (Å²) in [6.45, 7) is 0.263. The zero-order chi connectivity index (χ0) is 12.8. The van der Waals surface area contributed by atoms with E-state index in [0.717, 1.165) is 28.2 Å². The van der Waals surface area contributed by atoms with Crippen LogP contribution in [0.15, 0.2) is 42.5 Å². The fraction of sp³-hybridized carbons (Fsp3) is 0.0714. The summed E-state index contributed by atoms with van der Waals surface area (Å²) in [5, 5.41) is 0. The molecule has 1 aliphatic rings. The van der Waals surface area contributed by atoms with E-state index in [1.165, 1.54) is 0 Å². The summed E-state index contributed by atoms with van der Waals surface area (Å²) in [4.78, 5) is 4.35. The van der Waals surface area contributed by atoms with Gasteiger partial charge in [0.15, 0.2) is 11.5 Å². The second-order valence-electron chi connectivity index (χ2n) is 4.33. The molecule has 0 fully saturated rings. The summed E-state index contributed by atoms with van der Waals surface area (Å²) < 4.78 is 12.6. The third-order valence-corrected chi connectivity index (χ3v) is 3.20. The van der Waals surface area contributed by atoms with Crippen LogP contribution in [0.4, 0.5) is 5.95 Å². The predicted molar refractivity (Wildman–Crippen MR) is 71.6 cm³/mol. The van der Waals surface area contributed by atoms with E-state index in [-0.39, 0.29) is 6.79 Å². The molecule has 0 atom stereocenters. The van der Waals surface area contributed by atoms with Gasteiger partial charge >= 0.3 is 0 Å². The lowest BCUT2D eigenvalue weighted by Gasteiger charge is -2.07. The molecule has 0 unspecified atom stereocenters. The van der Waals surface area contributed by atoms with Gasteiger partial charge in [-0.05, 0) is 24.3 Å². The largest absolute Gasteiger partial charge is 0.454 e. The highest BCUT2D eigenvalue weighted by atomic mass is 16.7. The quantitative estimate of drug-likeness (QED) is 0.723. The fourth-order valence-electron chi connectivity index (χ4n) is 2.34. The molecule has 0 radical (unpaired) electrons. The lowest BCUT2D eigenvalue weighted by Crippen LogP contribution is -2.00. The molecule has 2 aromatic carbocycles. The van der Waals surface area contributed by atoms with E-state index in [1.54, 1.807) is 0 Å². The number of nitrogens with two attached hydrogens (primary N) is 1. The van der Waals surface area contributed by atoms with Crippen molar-refractivity contribution in [3.05, 3.63) is 42.5 Å². The molecule has 0 amide bonds. The third kappa shape index (κ3) is 1.45. The number of rotatable bonds is 1. The normalized spacial score (nSPS) is 13.1. The van der Waals surface area contributed by atoms with Crippen LogP contribution in [0.5, 0.6) is 11.5 Å². The van der Waals surface area contributed by atoms with Crippen molar-refractivity contribution in [2.45, 2.75) is 0 Å². The average Bonchev–Trinajstić information content (AvgIpc) is 3.00. The van der Waals surface area contributed by atoms with Crippen molar-refractivity contribution < 1.29 is 9.47 Å². The van der Waals surface area contributed by atoms with Gasteiger partial charge in [-0.25, -0.2) is 4.98 Å². The standard InChI is InChI=1S/C14H11N3O2/c15-14-16-10-3-1-2-4-11(10)17(14)9-5-6-12-13(7-9)19-8-18-12/h1-7H,8H2,(H2,15,16). The fourth-order valence-corrected chi connectivity index (χ4v) is 2.34. The van der Waals surface area contributed by atoms with E-state index in [0.29, 0.717) is 5.95 Å². The Kier molecular flexibility index (Phi) is 1.97. The van der Waals surface area contributed by atoms with E-state index in [9.17, 15) is 0 Å². The van der Waals surface area contributed by atoms with Gasteiger partial charge in [0.1, 0.15) is 0 Å². The molecule has 0 aliphatic carbocycles. The minimum atomic E-state index is 0.263. The smallest absolute Gasteiger partial charge is 0.231 e. The van der Waals surface area contributed by atoms with Crippen LogP contribution >= 0.6 is 0 Å². The Labute approximate surface area is 109 Å². The molecule has 1 aromatic heterocycles. The van der Waals surface area contributed by atoms with Crippen molar-refractivity contribution in [3.63, 3.8) is 0 Å². The summed E-state index contributed by atoms with van der Waals surface area (Å²) >= 11 is 0. The zero-order valence-corrected chi connectivity index (χ0v) is 10.0. The molecule has 94 valence electrons. The van der Waals surface area contributed by atoms with Crippen molar-refractivity contribution in [1.29, 1.82) is 0 Å².